The fourth-order valence-corrected chi connectivity index (χ4v) is 1.09. The largest absolute Gasteiger partial charge is 0.466 e. The van der Waals surface area contributed by atoms with Gasteiger partial charge < -0.3 is 14.2 Å². The zero-order chi connectivity index (χ0) is 14.1. The van der Waals surface area contributed by atoms with Gasteiger partial charge in [0.15, 0.2) is 0 Å². The fourth-order valence-electron chi connectivity index (χ4n) is 1.09. The molecule has 0 fully saturated rings. The first-order chi connectivity index (χ1) is 8.49. The third-order valence-electron chi connectivity index (χ3n) is 2.05. The van der Waals surface area contributed by atoms with Gasteiger partial charge in [0.05, 0.1) is 26.9 Å². The molecule has 0 aromatic heterocycles. The molecule has 0 unspecified atom stereocenters. The number of rotatable bonds is 5. The van der Waals surface area contributed by atoms with E-state index in [2.05, 4.69) is 14.2 Å². The van der Waals surface area contributed by atoms with Gasteiger partial charge in [-0.1, -0.05) is 6.92 Å². The first-order valence-electron chi connectivity index (χ1n) is 5.16. The van der Waals surface area contributed by atoms with E-state index in [0.29, 0.717) is 6.42 Å². The van der Waals surface area contributed by atoms with Crippen LogP contribution >= 0.6 is 0 Å². The van der Waals surface area contributed by atoms with E-state index >= 15 is 0 Å². The predicted octanol–water partition coefficient (Wildman–Crippen LogP) is 0.768. The molecule has 0 heterocycles. The minimum Gasteiger partial charge on any atom is -0.466 e. The molecular formula is C12H16O6. The van der Waals surface area contributed by atoms with Crippen molar-refractivity contribution in [2.75, 3.05) is 21.3 Å². The van der Waals surface area contributed by atoms with Gasteiger partial charge >= 0.3 is 17.9 Å². The van der Waals surface area contributed by atoms with Crippen molar-refractivity contribution in [3.8, 4) is 0 Å². The molecule has 0 radical (unpaired) electrons. The molecule has 0 rings (SSSR count). The second-order valence-electron chi connectivity index (χ2n) is 3.13. The van der Waals surface area contributed by atoms with Gasteiger partial charge in [0, 0.05) is 11.6 Å². The lowest BCUT2D eigenvalue weighted by Gasteiger charge is -2.04. The van der Waals surface area contributed by atoms with Crippen molar-refractivity contribution in [2.24, 2.45) is 0 Å². The molecule has 100 valence electrons. The summed E-state index contributed by atoms with van der Waals surface area (Å²) in [7, 11) is 3.58. The van der Waals surface area contributed by atoms with Crippen molar-refractivity contribution in [1.29, 1.82) is 0 Å². The van der Waals surface area contributed by atoms with E-state index in [1.54, 1.807) is 6.92 Å². The normalized spacial score (nSPS) is 11.8. The second-order valence-corrected chi connectivity index (χ2v) is 3.13. The van der Waals surface area contributed by atoms with Crippen LogP contribution in [-0.2, 0) is 28.6 Å². The van der Waals surface area contributed by atoms with Crippen LogP contribution in [-0.4, -0.2) is 39.2 Å². The summed E-state index contributed by atoms with van der Waals surface area (Å²) in [6, 6.07) is 0. The van der Waals surface area contributed by atoms with E-state index in [-0.39, 0.29) is 11.1 Å². The van der Waals surface area contributed by atoms with Gasteiger partial charge in [0.1, 0.15) is 0 Å². The molecule has 0 N–H and O–H groups in total. The standard InChI is InChI=1S/C12H16O6/c1-5-8(11(14)17-3)6-9(12(15)18-4)7-10(13)16-2/h6-7H,5H2,1-4H3/b8-6+,9-7-. The lowest BCUT2D eigenvalue weighted by molar-refractivity contribution is -0.138. The highest BCUT2D eigenvalue weighted by atomic mass is 16.5. The van der Waals surface area contributed by atoms with E-state index in [1.165, 1.54) is 27.4 Å². The maximum Gasteiger partial charge on any atom is 0.338 e. The number of hydrogen-bond acceptors (Lipinski definition) is 6. The molecule has 0 aliphatic heterocycles. The van der Waals surface area contributed by atoms with Crippen molar-refractivity contribution in [3.05, 3.63) is 23.3 Å². The van der Waals surface area contributed by atoms with Crippen LogP contribution in [0.5, 0.6) is 0 Å². The van der Waals surface area contributed by atoms with Gasteiger partial charge in [-0.05, 0) is 12.5 Å². The third kappa shape index (κ3) is 4.82. The molecule has 0 aliphatic carbocycles. The molecule has 0 bridgehead atoms. The molecule has 0 atom stereocenters. The van der Waals surface area contributed by atoms with Crippen LogP contribution in [0.4, 0.5) is 0 Å². The van der Waals surface area contributed by atoms with Gasteiger partial charge in [-0.2, -0.15) is 0 Å². The molecule has 0 saturated heterocycles. The Bertz CT molecular complexity index is 391. The van der Waals surface area contributed by atoms with Crippen LogP contribution in [0.15, 0.2) is 23.3 Å². The lowest BCUT2D eigenvalue weighted by Crippen LogP contribution is -2.10. The Hall–Kier alpha value is -2.11. The molecule has 0 aromatic carbocycles. The number of methoxy groups -OCH3 is 3. The van der Waals surface area contributed by atoms with Crippen LogP contribution < -0.4 is 0 Å². The van der Waals surface area contributed by atoms with Gasteiger partial charge in [-0.3, -0.25) is 0 Å². The predicted molar refractivity (Wildman–Crippen MR) is 62.5 cm³/mol. The first-order valence-corrected chi connectivity index (χ1v) is 5.16. The number of carbonyl (C=O) groups excluding carboxylic acids is 3. The minimum absolute atomic E-state index is 0.0772. The Morgan fingerprint density at radius 1 is 0.889 bits per heavy atom. The summed E-state index contributed by atoms with van der Waals surface area (Å²) in [4.78, 5) is 33.9. The Kier molecular flexibility index (Phi) is 7.11. The maximum absolute atomic E-state index is 11.4. The summed E-state index contributed by atoms with van der Waals surface area (Å²) in [5.41, 5.74) is 0.171. The van der Waals surface area contributed by atoms with Crippen LogP contribution in [0, 0.1) is 0 Å². The highest BCUT2D eigenvalue weighted by Crippen LogP contribution is 2.10. The zero-order valence-corrected chi connectivity index (χ0v) is 10.8. The monoisotopic (exact) mass is 256 g/mol. The topological polar surface area (TPSA) is 78.9 Å². The minimum atomic E-state index is -0.741. The molecule has 0 aromatic rings. The molecule has 6 heteroatoms. The summed E-state index contributed by atoms with van der Waals surface area (Å²) in [5, 5.41) is 0. The van der Waals surface area contributed by atoms with Crippen molar-refractivity contribution in [3.63, 3.8) is 0 Å². The van der Waals surface area contributed by atoms with Crippen molar-refractivity contribution >= 4 is 17.9 Å². The molecule has 0 spiro atoms. The lowest BCUT2D eigenvalue weighted by atomic mass is 10.1. The second kappa shape index (κ2) is 8.05. The molecule has 18 heavy (non-hydrogen) atoms. The zero-order valence-electron chi connectivity index (χ0n) is 10.8. The number of ether oxygens (including phenoxy) is 3. The highest BCUT2D eigenvalue weighted by molar-refractivity contribution is 6.01. The fraction of sp³-hybridized carbons (Fsp3) is 0.417. The number of hydrogen-bond donors (Lipinski definition) is 0. The average molecular weight is 256 g/mol. The molecule has 6 nitrogen and oxygen atoms in total. The summed E-state index contributed by atoms with van der Waals surface area (Å²) in [6.45, 7) is 1.72. The number of carbonyl (C=O) groups is 3. The molecule has 0 saturated carbocycles. The Morgan fingerprint density at radius 2 is 1.44 bits per heavy atom. The molecule has 0 amide bonds. The molecular weight excluding hydrogens is 240 g/mol. The smallest absolute Gasteiger partial charge is 0.338 e. The van der Waals surface area contributed by atoms with Gasteiger partial charge in [0.2, 0.25) is 0 Å². The summed E-state index contributed by atoms with van der Waals surface area (Å²) < 4.78 is 13.5. The highest BCUT2D eigenvalue weighted by Gasteiger charge is 2.14. The van der Waals surface area contributed by atoms with Crippen LogP contribution in [0.25, 0.3) is 0 Å². The van der Waals surface area contributed by atoms with E-state index in [0.717, 1.165) is 6.08 Å². The van der Waals surface area contributed by atoms with Crippen molar-refractivity contribution in [1.82, 2.24) is 0 Å². The third-order valence-corrected chi connectivity index (χ3v) is 2.05. The van der Waals surface area contributed by atoms with Crippen LogP contribution in [0.1, 0.15) is 13.3 Å². The summed E-state index contributed by atoms with van der Waals surface area (Å²) in [5.74, 6) is -2.03. The van der Waals surface area contributed by atoms with Gasteiger partial charge in [-0.15, -0.1) is 0 Å². The Morgan fingerprint density at radius 3 is 1.83 bits per heavy atom. The van der Waals surface area contributed by atoms with E-state index in [1.807, 2.05) is 0 Å². The SMILES string of the molecule is CC/C(=C\C(=C\C(=O)OC)C(=O)OC)C(=O)OC. The van der Waals surface area contributed by atoms with Gasteiger partial charge in [-0.25, -0.2) is 14.4 Å². The van der Waals surface area contributed by atoms with E-state index < -0.39 is 17.9 Å². The Balaban J connectivity index is 5.39. The van der Waals surface area contributed by atoms with E-state index in [9.17, 15) is 14.4 Å². The first kappa shape index (κ1) is 15.9. The van der Waals surface area contributed by atoms with Crippen molar-refractivity contribution in [2.45, 2.75) is 13.3 Å². The quantitative estimate of drug-likeness (QED) is 0.313. The molecule has 0 aliphatic rings. The van der Waals surface area contributed by atoms with Crippen LogP contribution in [0.3, 0.4) is 0 Å². The summed E-state index contributed by atoms with van der Waals surface area (Å²) in [6.07, 6.45) is 2.54. The van der Waals surface area contributed by atoms with Crippen LogP contribution in [0.2, 0.25) is 0 Å². The Labute approximate surface area is 105 Å². The van der Waals surface area contributed by atoms with Gasteiger partial charge in [0.25, 0.3) is 0 Å². The van der Waals surface area contributed by atoms with E-state index in [4.69, 9.17) is 0 Å². The average Bonchev–Trinajstić information content (AvgIpc) is 2.41. The number of esters is 3. The van der Waals surface area contributed by atoms with Crippen molar-refractivity contribution < 1.29 is 28.6 Å². The maximum atomic E-state index is 11.4. The summed E-state index contributed by atoms with van der Waals surface area (Å²) >= 11 is 0.